The molecule has 0 aliphatic carbocycles. The van der Waals surface area contributed by atoms with Gasteiger partial charge in [-0.1, -0.05) is 30.0 Å². The van der Waals surface area contributed by atoms with Crippen molar-refractivity contribution in [3.63, 3.8) is 0 Å². The molecular formula is C18H18N2O2. The van der Waals surface area contributed by atoms with Crippen LogP contribution in [-0.2, 0) is 6.42 Å². The Hall–Kier alpha value is -2.46. The summed E-state index contributed by atoms with van der Waals surface area (Å²) in [6.45, 7) is 0.982. The molecule has 0 spiro atoms. The predicted molar refractivity (Wildman–Crippen MR) is 83.1 cm³/mol. The van der Waals surface area contributed by atoms with Gasteiger partial charge in [0.05, 0.1) is 19.3 Å². The van der Waals surface area contributed by atoms with Crippen LogP contribution in [0.4, 0.5) is 0 Å². The van der Waals surface area contributed by atoms with Gasteiger partial charge in [0.15, 0.2) is 6.04 Å². The highest BCUT2D eigenvalue weighted by Crippen LogP contribution is 2.34. The number of methoxy groups -OCH3 is 1. The highest BCUT2D eigenvalue weighted by atomic mass is 16.5. The van der Waals surface area contributed by atoms with Gasteiger partial charge in [0.1, 0.15) is 5.75 Å². The Morgan fingerprint density at radius 2 is 2.09 bits per heavy atom. The summed E-state index contributed by atoms with van der Waals surface area (Å²) in [4.78, 5) is 3.52. The number of nitrogens with two attached hydrogens (primary N) is 1. The fourth-order valence-corrected chi connectivity index (χ4v) is 3.44. The van der Waals surface area contributed by atoms with Crippen molar-refractivity contribution in [1.82, 2.24) is 4.98 Å². The molecule has 3 aromatic rings. The zero-order chi connectivity index (χ0) is 15.1. The molecular weight excluding hydrogens is 276 g/mol. The summed E-state index contributed by atoms with van der Waals surface area (Å²) >= 11 is 0. The first-order chi connectivity index (χ1) is 10.8. The number of nitrogens with one attached hydrogen (secondary N) is 1. The molecule has 1 aliphatic heterocycles. The summed E-state index contributed by atoms with van der Waals surface area (Å²) in [6, 6.07) is 13.5. The number of benzene rings is 2. The van der Waals surface area contributed by atoms with E-state index in [0.717, 1.165) is 35.5 Å². The molecule has 1 aliphatic rings. The number of hydrogen-bond acceptors (Lipinski definition) is 2. The lowest BCUT2D eigenvalue weighted by atomic mass is 9.94. The number of aromatic nitrogens is 1. The highest BCUT2D eigenvalue weighted by Gasteiger charge is 2.28. The summed E-state index contributed by atoms with van der Waals surface area (Å²) in [6.07, 6.45) is 1.00. The van der Waals surface area contributed by atoms with E-state index in [9.17, 15) is 5.11 Å². The van der Waals surface area contributed by atoms with Crippen molar-refractivity contribution in [1.29, 1.82) is 0 Å². The Morgan fingerprint density at radius 3 is 2.91 bits per heavy atom. The van der Waals surface area contributed by atoms with Crippen molar-refractivity contribution in [2.24, 2.45) is 0 Å². The van der Waals surface area contributed by atoms with E-state index in [2.05, 4.69) is 16.4 Å². The number of fused-ring (bicyclic) bond motifs is 3. The molecule has 0 fully saturated rings. The van der Waals surface area contributed by atoms with Crippen LogP contribution in [0.1, 0.15) is 22.9 Å². The minimum atomic E-state index is 0.0517. The van der Waals surface area contributed by atoms with Crippen LogP contribution in [0.25, 0.3) is 10.9 Å². The maximum absolute atomic E-state index is 12.2. The van der Waals surface area contributed by atoms with Crippen molar-refractivity contribution in [3.8, 4) is 11.5 Å². The Labute approximate surface area is 128 Å². The second-order valence-electron chi connectivity index (χ2n) is 5.72. The van der Waals surface area contributed by atoms with Crippen LogP contribution in [-0.4, -0.2) is 18.6 Å². The molecule has 0 amide bonds. The number of hydrogen-bond donors (Lipinski definition) is 2. The van der Waals surface area contributed by atoms with Crippen molar-refractivity contribution in [3.05, 3.63) is 59.3 Å². The van der Waals surface area contributed by atoms with Crippen LogP contribution < -0.4 is 15.2 Å². The predicted octanol–water partition coefficient (Wildman–Crippen LogP) is 1.46. The van der Waals surface area contributed by atoms with Crippen LogP contribution in [0.15, 0.2) is 42.5 Å². The van der Waals surface area contributed by atoms with Gasteiger partial charge in [0.2, 0.25) is 0 Å². The molecule has 112 valence electrons. The molecule has 1 unspecified atom stereocenters. The third kappa shape index (κ3) is 1.96. The van der Waals surface area contributed by atoms with Gasteiger partial charge >= 0.3 is 0 Å². The first-order valence-corrected chi connectivity index (χ1v) is 7.55. The molecule has 4 heteroatoms. The fraction of sp³-hybridized carbons (Fsp3) is 0.222. The number of quaternary nitrogens is 1. The SMILES string of the molecule is COc1ccc2[nH]c3c(c2c1)CC[NH2+]C3c1ccccc1[O-]. The second kappa shape index (κ2) is 5.07. The lowest BCUT2D eigenvalue weighted by molar-refractivity contribution is -0.690. The van der Waals surface area contributed by atoms with E-state index in [0.29, 0.717) is 0 Å². The van der Waals surface area contributed by atoms with E-state index >= 15 is 0 Å². The molecule has 2 aromatic carbocycles. The summed E-state index contributed by atoms with van der Waals surface area (Å²) in [5.41, 5.74) is 4.42. The molecule has 0 bridgehead atoms. The molecule has 1 aromatic heterocycles. The van der Waals surface area contributed by atoms with E-state index < -0.39 is 0 Å². The molecule has 22 heavy (non-hydrogen) atoms. The van der Waals surface area contributed by atoms with Gasteiger partial charge in [0, 0.05) is 22.9 Å². The minimum Gasteiger partial charge on any atom is -0.872 e. The van der Waals surface area contributed by atoms with Gasteiger partial charge in [-0.3, -0.25) is 0 Å². The summed E-state index contributed by atoms with van der Waals surface area (Å²) in [5.74, 6) is 0.970. The van der Waals surface area contributed by atoms with Gasteiger partial charge in [-0.05, 0) is 23.8 Å². The normalized spacial score (nSPS) is 17.4. The lowest BCUT2D eigenvalue weighted by Crippen LogP contribution is -2.87. The quantitative estimate of drug-likeness (QED) is 0.751. The molecule has 0 saturated carbocycles. The third-order valence-corrected chi connectivity index (χ3v) is 4.51. The highest BCUT2D eigenvalue weighted by molar-refractivity contribution is 5.86. The van der Waals surface area contributed by atoms with Gasteiger partial charge < -0.3 is 20.1 Å². The summed E-state index contributed by atoms with van der Waals surface area (Å²) < 4.78 is 5.34. The van der Waals surface area contributed by atoms with Crippen LogP contribution >= 0.6 is 0 Å². The number of H-pyrrole nitrogens is 1. The zero-order valence-corrected chi connectivity index (χ0v) is 12.4. The maximum Gasteiger partial charge on any atom is 0.152 e. The van der Waals surface area contributed by atoms with E-state index in [-0.39, 0.29) is 11.8 Å². The van der Waals surface area contributed by atoms with Crippen LogP contribution in [0.5, 0.6) is 11.5 Å². The monoisotopic (exact) mass is 294 g/mol. The third-order valence-electron chi connectivity index (χ3n) is 4.51. The lowest BCUT2D eigenvalue weighted by Gasteiger charge is -2.25. The van der Waals surface area contributed by atoms with Crippen LogP contribution in [0.3, 0.4) is 0 Å². The molecule has 2 heterocycles. The fourth-order valence-electron chi connectivity index (χ4n) is 3.44. The average molecular weight is 294 g/mol. The Morgan fingerprint density at radius 1 is 1.23 bits per heavy atom. The molecule has 0 saturated heterocycles. The van der Waals surface area contributed by atoms with Gasteiger partial charge in [-0.2, -0.15) is 0 Å². The van der Waals surface area contributed by atoms with E-state index in [4.69, 9.17) is 4.74 Å². The Bertz CT molecular complexity index is 838. The van der Waals surface area contributed by atoms with Crippen molar-refractivity contribution in [2.45, 2.75) is 12.5 Å². The largest absolute Gasteiger partial charge is 0.872 e. The Kier molecular flexibility index (Phi) is 3.05. The minimum absolute atomic E-state index is 0.0517. The second-order valence-corrected chi connectivity index (χ2v) is 5.72. The average Bonchev–Trinajstić information content (AvgIpc) is 2.93. The topological polar surface area (TPSA) is 64.7 Å². The van der Waals surface area contributed by atoms with E-state index in [1.165, 1.54) is 10.9 Å². The van der Waals surface area contributed by atoms with Crippen LogP contribution in [0.2, 0.25) is 0 Å². The number of aromatic amines is 1. The molecule has 0 radical (unpaired) electrons. The van der Waals surface area contributed by atoms with Crippen molar-refractivity contribution >= 4 is 10.9 Å². The van der Waals surface area contributed by atoms with E-state index in [1.807, 2.05) is 24.3 Å². The zero-order valence-electron chi connectivity index (χ0n) is 12.4. The van der Waals surface area contributed by atoms with E-state index in [1.54, 1.807) is 19.2 Å². The summed E-state index contributed by atoms with van der Waals surface area (Å²) in [7, 11) is 1.69. The molecule has 4 nitrogen and oxygen atoms in total. The number of para-hydroxylation sites is 1. The van der Waals surface area contributed by atoms with Gasteiger partial charge in [-0.15, -0.1) is 0 Å². The van der Waals surface area contributed by atoms with Crippen molar-refractivity contribution in [2.75, 3.05) is 13.7 Å². The molecule has 1 atom stereocenters. The maximum atomic E-state index is 12.2. The number of ether oxygens (including phenoxy) is 1. The van der Waals surface area contributed by atoms with Gasteiger partial charge in [0.25, 0.3) is 0 Å². The Balaban J connectivity index is 1.90. The molecule has 4 rings (SSSR count). The van der Waals surface area contributed by atoms with Crippen LogP contribution in [0, 0.1) is 0 Å². The first-order valence-electron chi connectivity index (χ1n) is 7.55. The standard InChI is InChI=1S/C18H18N2O2/c1-22-11-6-7-15-14(10-11)12-8-9-19-17(18(12)20-15)13-4-2-3-5-16(13)21/h2-7,10,17,19-21H,8-9H2,1H3. The molecule has 3 N–H and O–H groups in total. The first kappa shape index (κ1) is 13.2. The summed E-state index contributed by atoms with van der Waals surface area (Å²) in [5, 5.41) is 15.6. The smallest absolute Gasteiger partial charge is 0.152 e. The number of rotatable bonds is 2. The van der Waals surface area contributed by atoms with Gasteiger partial charge in [-0.25, -0.2) is 0 Å². The van der Waals surface area contributed by atoms with Crippen molar-refractivity contribution < 1.29 is 15.2 Å².